The van der Waals surface area contributed by atoms with Crippen LogP contribution in [-0.2, 0) is 19.3 Å². The second kappa shape index (κ2) is 6.83. The zero-order chi connectivity index (χ0) is 14.4. The molecule has 0 aliphatic carbocycles. The lowest BCUT2D eigenvalue weighted by atomic mass is 9.93. The standard InChI is InChI=1S/C17H23NO/c1-6-9-13-12-16(18(4)5)14(10-7-2)15(11-8-3)17(13)19/h6-8,12,19H,1-3,9-11H2,4-5H3. The molecule has 0 saturated carbocycles. The number of hydrogen-bond acceptors (Lipinski definition) is 2. The lowest BCUT2D eigenvalue weighted by Gasteiger charge is -2.22. The van der Waals surface area contributed by atoms with Crippen molar-refractivity contribution in [2.24, 2.45) is 0 Å². The molecule has 0 aliphatic rings. The minimum absolute atomic E-state index is 0.363. The molecule has 1 aromatic rings. The zero-order valence-corrected chi connectivity index (χ0v) is 11.9. The smallest absolute Gasteiger partial charge is 0.123 e. The van der Waals surface area contributed by atoms with Crippen molar-refractivity contribution in [3.63, 3.8) is 0 Å². The van der Waals surface area contributed by atoms with Crippen LogP contribution in [0.4, 0.5) is 5.69 Å². The lowest BCUT2D eigenvalue weighted by molar-refractivity contribution is 0.463. The van der Waals surface area contributed by atoms with E-state index in [4.69, 9.17) is 0 Å². The van der Waals surface area contributed by atoms with Gasteiger partial charge in [-0.15, -0.1) is 19.7 Å². The molecule has 0 saturated heterocycles. The van der Waals surface area contributed by atoms with E-state index in [0.29, 0.717) is 18.6 Å². The maximum Gasteiger partial charge on any atom is 0.123 e. The molecule has 0 heterocycles. The van der Waals surface area contributed by atoms with Gasteiger partial charge in [0.05, 0.1) is 0 Å². The van der Waals surface area contributed by atoms with Crippen LogP contribution in [0.2, 0.25) is 0 Å². The van der Waals surface area contributed by atoms with Gasteiger partial charge in [-0.05, 0) is 36.5 Å². The van der Waals surface area contributed by atoms with E-state index in [1.165, 1.54) is 0 Å². The summed E-state index contributed by atoms with van der Waals surface area (Å²) < 4.78 is 0. The fourth-order valence-electron chi connectivity index (χ4n) is 2.26. The number of hydrogen-bond donors (Lipinski definition) is 1. The highest BCUT2D eigenvalue weighted by atomic mass is 16.3. The second-order valence-corrected chi connectivity index (χ2v) is 4.73. The van der Waals surface area contributed by atoms with E-state index in [-0.39, 0.29) is 0 Å². The zero-order valence-electron chi connectivity index (χ0n) is 11.9. The predicted octanol–water partition coefficient (Wildman–Crippen LogP) is 3.64. The molecule has 2 heteroatoms. The molecular weight excluding hydrogens is 234 g/mol. The number of rotatable bonds is 7. The second-order valence-electron chi connectivity index (χ2n) is 4.73. The summed E-state index contributed by atoms with van der Waals surface area (Å²) in [5.74, 6) is 0.363. The molecule has 102 valence electrons. The Kier molecular flexibility index (Phi) is 5.43. The van der Waals surface area contributed by atoms with Crippen LogP contribution in [0.5, 0.6) is 5.75 Å². The molecule has 1 rings (SSSR count). The van der Waals surface area contributed by atoms with Gasteiger partial charge in [-0.2, -0.15) is 0 Å². The summed E-state index contributed by atoms with van der Waals surface area (Å²) in [6, 6.07) is 2.03. The topological polar surface area (TPSA) is 23.5 Å². The van der Waals surface area contributed by atoms with Crippen molar-refractivity contribution in [1.29, 1.82) is 0 Å². The van der Waals surface area contributed by atoms with E-state index in [9.17, 15) is 5.11 Å². The molecule has 0 aliphatic heterocycles. The molecule has 0 unspecified atom stereocenters. The van der Waals surface area contributed by atoms with Gasteiger partial charge in [0.1, 0.15) is 5.75 Å². The maximum atomic E-state index is 10.4. The van der Waals surface area contributed by atoms with Crippen molar-refractivity contribution in [2.45, 2.75) is 19.3 Å². The SMILES string of the molecule is C=CCc1cc(N(C)C)c(CC=C)c(CC=C)c1O. The van der Waals surface area contributed by atoms with Crippen molar-refractivity contribution in [2.75, 3.05) is 19.0 Å². The van der Waals surface area contributed by atoms with Crippen LogP contribution in [0.3, 0.4) is 0 Å². The Labute approximate surface area is 116 Å². The third-order valence-electron chi connectivity index (χ3n) is 3.12. The summed E-state index contributed by atoms with van der Waals surface area (Å²) in [7, 11) is 4.02. The van der Waals surface area contributed by atoms with Gasteiger partial charge in [-0.25, -0.2) is 0 Å². The Morgan fingerprint density at radius 2 is 1.53 bits per heavy atom. The quantitative estimate of drug-likeness (QED) is 0.754. The Balaban J connectivity index is 3.55. The monoisotopic (exact) mass is 257 g/mol. The number of allylic oxidation sites excluding steroid dienone is 3. The van der Waals surface area contributed by atoms with Crippen LogP contribution in [-0.4, -0.2) is 19.2 Å². The molecule has 1 N–H and O–H groups in total. The minimum Gasteiger partial charge on any atom is -0.507 e. The van der Waals surface area contributed by atoms with Crippen LogP contribution in [0, 0.1) is 0 Å². The van der Waals surface area contributed by atoms with Gasteiger partial charge in [0.2, 0.25) is 0 Å². The summed E-state index contributed by atoms with van der Waals surface area (Å²) in [5, 5.41) is 10.4. The van der Waals surface area contributed by atoms with Gasteiger partial charge in [0.25, 0.3) is 0 Å². The Morgan fingerprint density at radius 1 is 1.00 bits per heavy atom. The molecular formula is C17H23NO. The fraction of sp³-hybridized carbons (Fsp3) is 0.294. The Bertz CT molecular complexity index is 487. The molecule has 0 radical (unpaired) electrons. The molecule has 1 aromatic carbocycles. The van der Waals surface area contributed by atoms with E-state index in [0.717, 1.165) is 28.8 Å². The van der Waals surface area contributed by atoms with Crippen molar-refractivity contribution >= 4 is 5.69 Å². The first-order valence-electron chi connectivity index (χ1n) is 6.43. The van der Waals surface area contributed by atoms with E-state index < -0.39 is 0 Å². The van der Waals surface area contributed by atoms with Gasteiger partial charge < -0.3 is 10.0 Å². The van der Waals surface area contributed by atoms with Gasteiger partial charge in [-0.1, -0.05) is 18.2 Å². The summed E-state index contributed by atoms with van der Waals surface area (Å²) in [6.07, 6.45) is 7.53. The number of phenols is 1. The molecule has 0 aromatic heterocycles. The highest BCUT2D eigenvalue weighted by molar-refractivity contribution is 5.64. The third kappa shape index (κ3) is 3.28. The summed E-state index contributed by atoms with van der Waals surface area (Å²) in [4.78, 5) is 2.07. The Morgan fingerprint density at radius 3 is 2.00 bits per heavy atom. The molecule has 19 heavy (non-hydrogen) atoms. The van der Waals surface area contributed by atoms with E-state index >= 15 is 0 Å². The van der Waals surface area contributed by atoms with E-state index in [1.54, 1.807) is 6.08 Å². The Hall–Kier alpha value is -1.96. The number of anilines is 1. The predicted molar refractivity (Wildman–Crippen MR) is 84.1 cm³/mol. The summed E-state index contributed by atoms with van der Waals surface area (Å²) in [6.45, 7) is 11.3. The average Bonchev–Trinajstić information content (AvgIpc) is 2.37. The first-order valence-corrected chi connectivity index (χ1v) is 6.43. The summed E-state index contributed by atoms with van der Waals surface area (Å²) >= 11 is 0. The number of benzene rings is 1. The van der Waals surface area contributed by atoms with Crippen molar-refractivity contribution in [3.8, 4) is 5.75 Å². The normalized spacial score (nSPS) is 10.0. The van der Waals surface area contributed by atoms with E-state index in [2.05, 4.69) is 24.6 Å². The molecule has 0 bridgehead atoms. The van der Waals surface area contributed by atoms with Crippen molar-refractivity contribution in [3.05, 3.63) is 60.7 Å². The lowest BCUT2D eigenvalue weighted by Crippen LogP contribution is -2.13. The number of aromatic hydroxyl groups is 1. The van der Waals surface area contributed by atoms with Crippen molar-refractivity contribution in [1.82, 2.24) is 0 Å². The maximum absolute atomic E-state index is 10.4. The highest BCUT2D eigenvalue weighted by Gasteiger charge is 2.16. The van der Waals surface area contributed by atoms with Crippen LogP contribution < -0.4 is 4.90 Å². The fourth-order valence-corrected chi connectivity index (χ4v) is 2.26. The molecule has 0 amide bonds. The first-order chi connectivity index (χ1) is 9.06. The van der Waals surface area contributed by atoms with Gasteiger partial charge in [-0.3, -0.25) is 0 Å². The number of nitrogens with zero attached hydrogens (tertiary/aromatic N) is 1. The van der Waals surface area contributed by atoms with Gasteiger partial charge >= 0.3 is 0 Å². The van der Waals surface area contributed by atoms with Gasteiger partial charge in [0, 0.05) is 25.3 Å². The van der Waals surface area contributed by atoms with Crippen LogP contribution >= 0.6 is 0 Å². The van der Waals surface area contributed by atoms with Crippen LogP contribution in [0.1, 0.15) is 16.7 Å². The summed E-state index contributed by atoms with van der Waals surface area (Å²) in [5.41, 5.74) is 4.08. The van der Waals surface area contributed by atoms with Crippen molar-refractivity contribution < 1.29 is 5.11 Å². The average molecular weight is 257 g/mol. The minimum atomic E-state index is 0.363. The molecule has 0 fully saturated rings. The van der Waals surface area contributed by atoms with E-state index in [1.807, 2.05) is 32.3 Å². The molecule has 2 nitrogen and oxygen atoms in total. The number of phenolic OH excluding ortho intramolecular Hbond substituents is 1. The molecule has 0 spiro atoms. The third-order valence-corrected chi connectivity index (χ3v) is 3.12. The largest absolute Gasteiger partial charge is 0.507 e. The van der Waals surface area contributed by atoms with Gasteiger partial charge in [0.15, 0.2) is 0 Å². The van der Waals surface area contributed by atoms with Crippen LogP contribution in [0.15, 0.2) is 44.0 Å². The first kappa shape index (κ1) is 15.1. The van der Waals surface area contributed by atoms with Crippen LogP contribution in [0.25, 0.3) is 0 Å². The highest BCUT2D eigenvalue weighted by Crippen LogP contribution is 2.35. The molecule has 0 atom stereocenters.